The van der Waals surface area contributed by atoms with Gasteiger partial charge in [-0.15, -0.1) is 0 Å². The van der Waals surface area contributed by atoms with Crippen molar-refractivity contribution in [2.75, 3.05) is 13.2 Å². The quantitative estimate of drug-likeness (QED) is 0.708. The first-order valence-corrected chi connectivity index (χ1v) is 9.80. The van der Waals surface area contributed by atoms with Crippen LogP contribution in [0.5, 0.6) is 11.5 Å². The number of benzene rings is 1. The number of nitrogens with zero attached hydrogens (tertiary/aromatic N) is 1. The fraction of sp³-hybridized carbons (Fsp3) is 0.429. The van der Waals surface area contributed by atoms with Gasteiger partial charge in [-0.2, -0.15) is 0 Å². The topological polar surface area (TPSA) is 77.8 Å². The predicted octanol–water partition coefficient (Wildman–Crippen LogP) is 4.64. The molecular weight excluding hydrogens is 382 g/mol. The first kappa shape index (κ1) is 20.3. The summed E-state index contributed by atoms with van der Waals surface area (Å²) in [5.41, 5.74) is 0.421. The lowest BCUT2D eigenvalue weighted by Crippen LogP contribution is -2.25. The molecule has 0 bridgehead atoms. The van der Waals surface area contributed by atoms with Crippen LogP contribution in [0.15, 0.2) is 29.2 Å². The van der Waals surface area contributed by atoms with E-state index in [2.05, 4.69) is 6.92 Å². The Morgan fingerprint density at radius 2 is 2.14 bits per heavy atom. The van der Waals surface area contributed by atoms with Gasteiger partial charge >= 0.3 is 5.97 Å². The molecule has 1 aliphatic heterocycles. The normalized spacial score (nSPS) is 15.4. The molecule has 0 fully saturated rings. The Morgan fingerprint density at radius 1 is 1.39 bits per heavy atom. The SMILES string of the molecule is CCCCOc1cc2c(cc1Cl)-c1cc(=O)c(C(=O)O)cn1[C@@H](C(C)C)CO2. The molecule has 0 radical (unpaired) electrons. The van der Waals surface area contributed by atoms with E-state index >= 15 is 0 Å². The monoisotopic (exact) mass is 405 g/mol. The Labute approximate surface area is 168 Å². The van der Waals surface area contributed by atoms with Crippen molar-refractivity contribution >= 4 is 17.6 Å². The minimum absolute atomic E-state index is 0.135. The highest BCUT2D eigenvalue weighted by Crippen LogP contribution is 2.42. The van der Waals surface area contributed by atoms with Gasteiger partial charge in [0.1, 0.15) is 23.7 Å². The van der Waals surface area contributed by atoms with Crippen molar-refractivity contribution in [2.24, 2.45) is 5.92 Å². The zero-order chi connectivity index (χ0) is 20.4. The smallest absolute Gasteiger partial charge is 0.341 e. The maximum atomic E-state index is 12.4. The number of pyridine rings is 1. The summed E-state index contributed by atoms with van der Waals surface area (Å²) in [5.74, 6) is 0.0158. The minimum Gasteiger partial charge on any atom is -0.492 e. The summed E-state index contributed by atoms with van der Waals surface area (Å²) in [6.07, 6.45) is 3.33. The van der Waals surface area contributed by atoms with E-state index in [1.165, 1.54) is 12.3 Å². The number of rotatable bonds is 6. The number of carboxylic acid groups (broad SMARTS) is 1. The zero-order valence-corrected chi connectivity index (χ0v) is 17.0. The summed E-state index contributed by atoms with van der Waals surface area (Å²) >= 11 is 6.42. The van der Waals surface area contributed by atoms with E-state index in [0.29, 0.717) is 41.0 Å². The van der Waals surface area contributed by atoms with Crippen LogP contribution in [0.4, 0.5) is 0 Å². The van der Waals surface area contributed by atoms with Gasteiger partial charge < -0.3 is 19.1 Å². The van der Waals surface area contributed by atoms with Crippen molar-refractivity contribution in [3.63, 3.8) is 0 Å². The Balaban J connectivity index is 2.16. The molecule has 2 aromatic rings. The van der Waals surface area contributed by atoms with Crippen LogP contribution in [0.2, 0.25) is 5.02 Å². The summed E-state index contributed by atoms with van der Waals surface area (Å²) < 4.78 is 13.6. The van der Waals surface area contributed by atoms with E-state index in [1.807, 2.05) is 18.4 Å². The van der Waals surface area contributed by atoms with Crippen molar-refractivity contribution in [1.82, 2.24) is 4.57 Å². The summed E-state index contributed by atoms with van der Waals surface area (Å²) in [6.45, 7) is 7.03. The van der Waals surface area contributed by atoms with Crippen LogP contribution >= 0.6 is 11.6 Å². The summed E-state index contributed by atoms with van der Waals surface area (Å²) in [4.78, 5) is 23.8. The first-order chi connectivity index (χ1) is 13.3. The zero-order valence-electron chi connectivity index (χ0n) is 16.2. The van der Waals surface area contributed by atoms with Crippen LogP contribution in [0.25, 0.3) is 11.3 Å². The Kier molecular flexibility index (Phi) is 5.98. The van der Waals surface area contributed by atoms with Crippen LogP contribution in [-0.4, -0.2) is 28.9 Å². The average molecular weight is 406 g/mol. The van der Waals surface area contributed by atoms with Gasteiger partial charge in [0, 0.05) is 23.9 Å². The number of hydrogen-bond donors (Lipinski definition) is 1. The van der Waals surface area contributed by atoms with E-state index in [4.69, 9.17) is 21.1 Å². The van der Waals surface area contributed by atoms with Gasteiger partial charge in [-0.1, -0.05) is 38.8 Å². The number of ether oxygens (including phenoxy) is 2. The second-order valence-corrected chi connectivity index (χ2v) is 7.66. The van der Waals surface area contributed by atoms with Gasteiger partial charge in [0.15, 0.2) is 5.43 Å². The summed E-state index contributed by atoms with van der Waals surface area (Å²) in [5, 5.41) is 9.78. The van der Waals surface area contributed by atoms with Crippen LogP contribution in [0.3, 0.4) is 0 Å². The second-order valence-electron chi connectivity index (χ2n) is 7.25. The van der Waals surface area contributed by atoms with E-state index < -0.39 is 11.4 Å². The maximum Gasteiger partial charge on any atom is 0.341 e. The number of hydrogen-bond acceptors (Lipinski definition) is 4. The lowest BCUT2D eigenvalue weighted by molar-refractivity contribution is 0.0694. The van der Waals surface area contributed by atoms with Crippen LogP contribution in [-0.2, 0) is 0 Å². The van der Waals surface area contributed by atoms with Crippen molar-refractivity contribution in [3.8, 4) is 22.8 Å². The molecule has 1 aromatic heterocycles. The van der Waals surface area contributed by atoms with E-state index in [-0.39, 0.29) is 17.5 Å². The highest BCUT2D eigenvalue weighted by molar-refractivity contribution is 6.32. The molecule has 28 heavy (non-hydrogen) atoms. The third-order valence-corrected chi connectivity index (χ3v) is 5.21. The standard InChI is InChI=1S/C21H24ClNO5/c1-4-5-6-27-20-9-19-13(7-15(20)22)16-8-18(24)14(21(25)26)10-23(16)17(11-28-19)12(2)3/h7-10,12,17H,4-6,11H2,1-3H3,(H,25,26)/t17-/m1/s1. The first-order valence-electron chi connectivity index (χ1n) is 9.42. The molecule has 0 saturated heterocycles. The molecular formula is C21H24ClNO5. The largest absolute Gasteiger partial charge is 0.492 e. The van der Waals surface area contributed by atoms with Crippen LogP contribution in [0.1, 0.15) is 50.0 Å². The highest BCUT2D eigenvalue weighted by atomic mass is 35.5. The highest BCUT2D eigenvalue weighted by Gasteiger charge is 2.27. The number of aromatic carboxylic acids is 1. The molecule has 1 aromatic carbocycles. The van der Waals surface area contributed by atoms with Crippen LogP contribution in [0, 0.1) is 5.92 Å². The molecule has 0 unspecified atom stereocenters. The molecule has 1 atom stereocenters. The van der Waals surface area contributed by atoms with Gasteiger partial charge in [-0.3, -0.25) is 4.79 Å². The molecule has 6 nitrogen and oxygen atoms in total. The molecule has 1 aliphatic rings. The van der Waals surface area contributed by atoms with Crippen LogP contribution < -0.4 is 14.9 Å². The Bertz CT molecular complexity index is 951. The number of halogens is 1. The molecule has 1 N–H and O–H groups in total. The molecule has 0 saturated carbocycles. The molecule has 7 heteroatoms. The van der Waals surface area contributed by atoms with Gasteiger partial charge in [-0.25, -0.2) is 4.79 Å². The minimum atomic E-state index is -1.24. The second kappa shape index (κ2) is 8.27. The maximum absolute atomic E-state index is 12.4. The molecule has 0 spiro atoms. The lowest BCUT2D eigenvalue weighted by atomic mass is 10.0. The molecule has 150 valence electrons. The summed E-state index contributed by atoms with van der Waals surface area (Å²) in [6, 6.07) is 4.67. The van der Waals surface area contributed by atoms with Gasteiger partial charge in [-0.05, 0) is 18.4 Å². The predicted molar refractivity (Wildman–Crippen MR) is 108 cm³/mol. The average Bonchev–Trinajstić information content (AvgIpc) is 2.78. The molecule has 0 amide bonds. The number of carbonyl (C=O) groups is 1. The van der Waals surface area contributed by atoms with E-state index in [0.717, 1.165) is 12.8 Å². The number of carboxylic acids is 1. The molecule has 2 heterocycles. The third-order valence-electron chi connectivity index (χ3n) is 4.91. The van der Waals surface area contributed by atoms with Crippen molar-refractivity contribution < 1.29 is 19.4 Å². The molecule has 3 rings (SSSR count). The summed E-state index contributed by atoms with van der Waals surface area (Å²) in [7, 11) is 0. The Morgan fingerprint density at radius 3 is 2.79 bits per heavy atom. The van der Waals surface area contributed by atoms with Gasteiger partial charge in [0.2, 0.25) is 0 Å². The van der Waals surface area contributed by atoms with Crippen molar-refractivity contribution in [2.45, 2.75) is 39.7 Å². The van der Waals surface area contributed by atoms with Crippen molar-refractivity contribution in [3.05, 3.63) is 45.2 Å². The van der Waals surface area contributed by atoms with Gasteiger partial charge in [0.25, 0.3) is 0 Å². The van der Waals surface area contributed by atoms with Gasteiger partial charge in [0.05, 0.1) is 23.4 Å². The number of aromatic nitrogens is 1. The Hall–Kier alpha value is -2.47. The van der Waals surface area contributed by atoms with E-state index in [9.17, 15) is 14.7 Å². The fourth-order valence-corrected chi connectivity index (χ4v) is 3.48. The fourth-order valence-electron chi connectivity index (χ4n) is 3.26. The molecule has 0 aliphatic carbocycles. The van der Waals surface area contributed by atoms with E-state index in [1.54, 1.807) is 12.1 Å². The number of unbranched alkanes of at least 4 members (excludes halogenated alkanes) is 1. The van der Waals surface area contributed by atoms with Crippen molar-refractivity contribution in [1.29, 1.82) is 0 Å². The third kappa shape index (κ3) is 3.87. The lowest BCUT2D eigenvalue weighted by Gasteiger charge is -2.24. The number of fused-ring (bicyclic) bond motifs is 3.